The van der Waals surface area contributed by atoms with Crippen molar-refractivity contribution in [3.05, 3.63) is 11.6 Å². The molecule has 0 aromatic rings. The molecule has 0 radical (unpaired) electrons. The zero-order chi connectivity index (χ0) is 12.6. The molecule has 4 atom stereocenters. The van der Waals surface area contributed by atoms with Crippen molar-refractivity contribution < 1.29 is 9.84 Å². The third-order valence-corrected chi connectivity index (χ3v) is 4.55. The summed E-state index contributed by atoms with van der Waals surface area (Å²) in [5, 5.41) is 10.5. The van der Waals surface area contributed by atoms with Crippen LogP contribution in [0.2, 0.25) is 0 Å². The second-order valence-corrected chi connectivity index (χ2v) is 6.38. The number of aliphatic hydroxyl groups is 1. The largest absolute Gasteiger partial charge is 0.390 e. The second-order valence-electron chi connectivity index (χ2n) is 6.38. The molecule has 2 nitrogen and oxygen atoms in total. The van der Waals surface area contributed by atoms with E-state index in [4.69, 9.17) is 4.74 Å². The highest BCUT2D eigenvalue weighted by atomic mass is 16.6. The van der Waals surface area contributed by atoms with Crippen LogP contribution in [-0.4, -0.2) is 22.9 Å². The van der Waals surface area contributed by atoms with Gasteiger partial charge in [-0.25, -0.2) is 0 Å². The molecule has 4 unspecified atom stereocenters. The maximum atomic E-state index is 10.5. The summed E-state index contributed by atoms with van der Waals surface area (Å²) in [5.74, 6) is 0.883. The molecule has 17 heavy (non-hydrogen) atoms. The standard InChI is InChI=1S/C15H26O2/c1-10(2)12-8-7-11(3)6-5-9-15(4)14(17-15)13(12)16/h6,10,12-14,16H,5,7-9H2,1-4H3/b11-6+. The van der Waals surface area contributed by atoms with Crippen LogP contribution in [0.3, 0.4) is 0 Å². The molecule has 98 valence electrons. The molecule has 0 aromatic carbocycles. The fourth-order valence-electron chi connectivity index (χ4n) is 3.11. The average Bonchev–Trinajstić information content (AvgIpc) is 2.89. The molecular weight excluding hydrogens is 212 g/mol. The fourth-order valence-corrected chi connectivity index (χ4v) is 3.11. The molecule has 1 heterocycles. The molecule has 2 aliphatic rings. The van der Waals surface area contributed by atoms with Gasteiger partial charge < -0.3 is 9.84 Å². The summed E-state index contributed by atoms with van der Waals surface area (Å²) >= 11 is 0. The van der Waals surface area contributed by atoms with Gasteiger partial charge in [0.05, 0.1) is 11.7 Å². The minimum atomic E-state index is -0.286. The van der Waals surface area contributed by atoms with Crippen LogP contribution < -0.4 is 0 Å². The topological polar surface area (TPSA) is 32.8 Å². The van der Waals surface area contributed by atoms with E-state index in [0.717, 1.165) is 25.7 Å². The lowest BCUT2D eigenvalue weighted by Gasteiger charge is -2.27. The van der Waals surface area contributed by atoms with Gasteiger partial charge in [0.1, 0.15) is 6.10 Å². The number of hydrogen-bond donors (Lipinski definition) is 1. The third-order valence-electron chi connectivity index (χ3n) is 4.55. The molecule has 1 N–H and O–H groups in total. The smallest absolute Gasteiger partial charge is 0.113 e. The summed E-state index contributed by atoms with van der Waals surface area (Å²) in [7, 11) is 0. The van der Waals surface area contributed by atoms with Crippen molar-refractivity contribution in [2.24, 2.45) is 11.8 Å². The monoisotopic (exact) mass is 238 g/mol. The molecule has 0 saturated carbocycles. The van der Waals surface area contributed by atoms with Gasteiger partial charge in [0.15, 0.2) is 0 Å². The number of aliphatic hydroxyl groups excluding tert-OH is 1. The van der Waals surface area contributed by atoms with E-state index in [0.29, 0.717) is 11.8 Å². The van der Waals surface area contributed by atoms with Crippen molar-refractivity contribution in [2.75, 3.05) is 0 Å². The third kappa shape index (κ3) is 2.74. The van der Waals surface area contributed by atoms with Crippen molar-refractivity contribution in [3.8, 4) is 0 Å². The van der Waals surface area contributed by atoms with Crippen molar-refractivity contribution in [2.45, 2.75) is 71.2 Å². The van der Waals surface area contributed by atoms with Gasteiger partial charge in [-0.3, -0.25) is 0 Å². The molecule has 0 bridgehead atoms. The highest BCUT2D eigenvalue weighted by Gasteiger charge is 2.57. The van der Waals surface area contributed by atoms with Crippen LogP contribution in [0.4, 0.5) is 0 Å². The van der Waals surface area contributed by atoms with Crippen LogP contribution in [0.5, 0.6) is 0 Å². The molecule has 2 rings (SSSR count). The van der Waals surface area contributed by atoms with E-state index in [1.807, 2.05) is 0 Å². The van der Waals surface area contributed by atoms with E-state index in [2.05, 4.69) is 33.8 Å². The highest BCUT2D eigenvalue weighted by Crippen LogP contribution is 2.46. The normalized spacial score (nSPS) is 46.0. The summed E-state index contributed by atoms with van der Waals surface area (Å²) < 4.78 is 5.79. The Balaban J connectivity index is 2.14. The van der Waals surface area contributed by atoms with Gasteiger partial charge in [0, 0.05) is 0 Å². The number of epoxide rings is 1. The zero-order valence-electron chi connectivity index (χ0n) is 11.6. The Morgan fingerprint density at radius 2 is 2.18 bits per heavy atom. The van der Waals surface area contributed by atoms with Crippen molar-refractivity contribution >= 4 is 0 Å². The Morgan fingerprint density at radius 1 is 1.47 bits per heavy atom. The number of hydrogen-bond acceptors (Lipinski definition) is 2. The maximum Gasteiger partial charge on any atom is 0.113 e. The first kappa shape index (κ1) is 13.1. The van der Waals surface area contributed by atoms with Crippen LogP contribution in [0.15, 0.2) is 11.6 Å². The maximum absolute atomic E-state index is 10.5. The van der Waals surface area contributed by atoms with Gasteiger partial charge in [-0.15, -0.1) is 0 Å². The van der Waals surface area contributed by atoms with Crippen LogP contribution in [0.25, 0.3) is 0 Å². The minimum Gasteiger partial charge on any atom is -0.390 e. The first-order valence-electron chi connectivity index (χ1n) is 6.95. The van der Waals surface area contributed by atoms with Crippen LogP contribution >= 0.6 is 0 Å². The van der Waals surface area contributed by atoms with Crippen LogP contribution in [-0.2, 0) is 4.74 Å². The van der Waals surface area contributed by atoms with Crippen molar-refractivity contribution in [1.29, 1.82) is 0 Å². The van der Waals surface area contributed by atoms with Gasteiger partial charge in [-0.1, -0.05) is 25.5 Å². The Kier molecular flexibility index (Phi) is 3.65. The Hall–Kier alpha value is -0.340. The minimum absolute atomic E-state index is 0.0688. The van der Waals surface area contributed by atoms with Gasteiger partial charge in [0.2, 0.25) is 0 Å². The van der Waals surface area contributed by atoms with E-state index >= 15 is 0 Å². The average molecular weight is 238 g/mol. The first-order chi connectivity index (χ1) is 7.94. The lowest BCUT2D eigenvalue weighted by Crippen LogP contribution is -2.33. The number of fused-ring (bicyclic) bond motifs is 1. The summed E-state index contributed by atoms with van der Waals surface area (Å²) in [6.45, 7) is 8.76. The Morgan fingerprint density at radius 3 is 2.82 bits per heavy atom. The van der Waals surface area contributed by atoms with Gasteiger partial charge in [-0.2, -0.15) is 0 Å². The zero-order valence-corrected chi connectivity index (χ0v) is 11.6. The van der Waals surface area contributed by atoms with Gasteiger partial charge in [0.25, 0.3) is 0 Å². The predicted octanol–water partition coefficient (Wildman–Crippen LogP) is 3.30. The van der Waals surface area contributed by atoms with Gasteiger partial charge >= 0.3 is 0 Å². The SMILES string of the molecule is C/C1=C\CCC2(C)OC2C(O)C(C(C)C)CC1. The summed E-state index contributed by atoms with van der Waals surface area (Å²) in [6.07, 6.45) is 6.45. The van der Waals surface area contributed by atoms with E-state index in [9.17, 15) is 5.11 Å². The molecule has 0 amide bonds. The molecule has 1 saturated heterocycles. The van der Waals surface area contributed by atoms with E-state index in [1.54, 1.807) is 0 Å². The second kappa shape index (κ2) is 4.74. The number of rotatable bonds is 1. The Bertz CT molecular complexity index is 308. The predicted molar refractivity (Wildman–Crippen MR) is 69.8 cm³/mol. The van der Waals surface area contributed by atoms with Crippen molar-refractivity contribution in [1.82, 2.24) is 0 Å². The highest BCUT2D eigenvalue weighted by molar-refractivity contribution is 5.09. The van der Waals surface area contributed by atoms with E-state index in [-0.39, 0.29) is 17.8 Å². The molecule has 0 spiro atoms. The molecule has 2 heteroatoms. The molecular formula is C15H26O2. The summed E-state index contributed by atoms with van der Waals surface area (Å²) in [6, 6.07) is 0. The number of allylic oxidation sites excluding steroid dienone is 2. The fraction of sp³-hybridized carbons (Fsp3) is 0.867. The van der Waals surface area contributed by atoms with Crippen LogP contribution in [0, 0.1) is 11.8 Å². The van der Waals surface area contributed by atoms with Gasteiger partial charge in [-0.05, 0) is 51.4 Å². The molecule has 1 fully saturated rings. The number of ether oxygens (including phenoxy) is 1. The summed E-state index contributed by atoms with van der Waals surface area (Å²) in [4.78, 5) is 0. The van der Waals surface area contributed by atoms with Crippen LogP contribution in [0.1, 0.15) is 53.4 Å². The Labute approximate surface area is 105 Å². The molecule has 1 aliphatic heterocycles. The molecule has 1 aliphatic carbocycles. The first-order valence-corrected chi connectivity index (χ1v) is 6.95. The van der Waals surface area contributed by atoms with E-state index < -0.39 is 0 Å². The van der Waals surface area contributed by atoms with Crippen molar-refractivity contribution in [3.63, 3.8) is 0 Å². The summed E-state index contributed by atoms with van der Waals surface area (Å²) in [5.41, 5.74) is 1.39. The lowest BCUT2D eigenvalue weighted by atomic mass is 9.80. The molecule has 0 aromatic heterocycles. The lowest BCUT2D eigenvalue weighted by molar-refractivity contribution is 0.0505. The van der Waals surface area contributed by atoms with E-state index in [1.165, 1.54) is 5.57 Å². The quantitative estimate of drug-likeness (QED) is 0.561.